The molecule has 3 aromatic carbocycles. The number of nitrogens with one attached hydrogen (secondary N) is 2. The van der Waals surface area contributed by atoms with Crippen LogP contribution in [0.4, 0.5) is 0 Å². The van der Waals surface area contributed by atoms with Crippen LogP contribution in [0.2, 0.25) is 0 Å². The molecule has 0 heterocycles. The maximum absolute atomic E-state index is 13.0. The van der Waals surface area contributed by atoms with Gasteiger partial charge in [-0.2, -0.15) is 5.10 Å². The number of ether oxygens (including phenoxy) is 2. The van der Waals surface area contributed by atoms with Gasteiger partial charge in [0.2, 0.25) is 0 Å². The Kier molecular flexibility index (Phi) is 9.99. The minimum Gasteiger partial charge on any atom is -0.493 e. The zero-order chi connectivity index (χ0) is 26.5. The molecule has 0 atom stereocenters. The van der Waals surface area contributed by atoms with Crippen LogP contribution in [0, 0.1) is 0 Å². The molecule has 3 aromatic rings. The van der Waals surface area contributed by atoms with E-state index >= 15 is 0 Å². The van der Waals surface area contributed by atoms with Gasteiger partial charge in [-0.05, 0) is 54.5 Å². The molecule has 0 bridgehead atoms. The molecule has 37 heavy (non-hydrogen) atoms. The molecule has 0 aliphatic rings. The number of hydrazone groups is 1. The first-order valence-corrected chi connectivity index (χ1v) is 11.5. The van der Waals surface area contributed by atoms with E-state index in [2.05, 4.69) is 15.8 Å². The van der Waals surface area contributed by atoms with Crippen LogP contribution < -0.4 is 20.2 Å². The van der Waals surface area contributed by atoms with Crippen molar-refractivity contribution in [1.29, 1.82) is 0 Å². The van der Waals surface area contributed by atoms with E-state index in [-0.39, 0.29) is 5.70 Å². The van der Waals surface area contributed by atoms with E-state index in [4.69, 9.17) is 9.47 Å². The van der Waals surface area contributed by atoms with Crippen molar-refractivity contribution in [3.05, 3.63) is 119 Å². The zero-order valence-electron chi connectivity index (χ0n) is 21.0. The standard InChI is InChI=1S/C30H29N3O4/c1-22(12-10-11-15-23-13-6-4-7-14-23)32-33-30(35)26(31-29(34)25-16-8-5-9-17-25)20-24-18-19-27(36-2)28(21-24)37-3/h4-21H,1-3H3,(H,31,34)(H,33,35). The summed E-state index contributed by atoms with van der Waals surface area (Å²) >= 11 is 0. The Labute approximate surface area is 216 Å². The first kappa shape index (κ1) is 26.7. The number of carbonyl (C=O) groups excluding carboxylic acids is 2. The fraction of sp³-hybridized carbons (Fsp3) is 0.100. The lowest BCUT2D eigenvalue weighted by molar-refractivity contribution is -0.117. The predicted molar refractivity (Wildman–Crippen MR) is 147 cm³/mol. The second kappa shape index (κ2) is 13.8. The highest BCUT2D eigenvalue weighted by atomic mass is 16.5. The largest absolute Gasteiger partial charge is 0.493 e. The number of allylic oxidation sites excluding steroid dienone is 3. The fourth-order valence-electron chi connectivity index (χ4n) is 3.21. The van der Waals surface area contributed by atoms with Gasteiger partial charge in [0.1, 0.15) is 5.70 Å². The summed E-state index contributed by atoms with van der Waals surface area (Å²) in [5.41, 5.74) is 5.22. The van der Waals surface area contributed by atoms with Gasteiger partial charge < -0.3 is 14.8 Å². The number of methoxy groups -OCH3 is 2. The summed E-state index contributed by atoms with van der Waals surface area (Å²) in [5.74, 6) is 0.0426. The maximum Gasteiger partial charge on any atom is 0.287 e. The van der Waals surface area contributed by atoms with Gasteiger partial charge >= 0.3 is 0 Å². The van der Waals surface area contributed by atoms with E-state index in [1.165, 1.54) is 7.11 Å². The van der Waals surface area contributed by atoms with Crippen molar-refractivity contribution in [2.45, 2.75) is 6.92 Å². The van der Waals surface area contributed by atoms with Crippen molar-refractivity contribution in [3.8, 4) is 11.5 Å². The summed E-state index contributed by atoms with van der Waals surface area (Å²) in [4.78, 5) is 25.8. The number of hydrogen-bond donors (Lipinski definition) is 2. The molecule has 0 aromatic heterocycles. The molecular formula is C30H29N3O4. The zero-order valence-corrected chi connectivity index (χ0v) is 21.0. The third-order valence-corrected chi connectivity index (χ3v) is 5.12. The van der Waals surface area contributed by atoms with Gasteiger partial charge in [0, 0.05) is 5.56 Å². The predicted octanol–water partition coefficient (Wildman–Crippen LogP) is 5.24. The second-order valence-electron chi connectivity index (χ2n) is 7.82. The van der Waals surface area contributed by atoms with Gasteiger partial charge in [-0.15, -0.1) is 0 Å². The van der Waals surface area contributed by atoms with Gasteiger partial charge in [-0.25, -0.2) is 5.43 Å². The highest BCUT2D eigenvalue weighted by Crippen LogP contribution is 2.28. The molecule has 0 saturated carbocycles. The molecule has 7 heteroatoms. The summed E-state index contributed by atoms with van der Waals surface area (Å²) in [6.45, 7) is 1.76. The van der Waals surface area contributed by atoms with Crippen LogP contribution in [0.1, 0.15) is 28.4 Å². The molecule has 2 amide bonds. The lowest BCUT2D eigenvalue weighted by Gasteiger charge is -2.11. The quantitative estimate of drug-likeness (QED) is 0.174. The van der Waals surface area contributed by atoms with Crippen molar-refractivity contribution < 1.29 is 19.1 Å². The Morgan fingerprint density at radius 1 is 0.811 bits per heavy atom. The summed E-state index contributed by atoms with van der Waals surface area (Å²) in [6.07, 6.45) is 8.99. The molecule has 0 aliphatic carbocycles. The number of benzene rings is 3. The molecule has 0 saturated heterocycles. The van der Waals surface area contributed by atoms with Crippen molar-refractivity contribution >= 4 is 29.7 Å². The smallest absolute Gasteiger partial charge is 0.287 e. The second-order valence-corrected chi connectivity index (χ2v) is 7.82. The van der Waals surface area contributed by atoms with Crippen molar-refractivity contribution in [1.82, 2.24) is 10.7 Å². The van der Waals surface area contributed by atoms with Crippen LogP contribution in [0.15, 0.2) is 108 Å². The number of carbonyl (C=O) groups is 2. The number of rotatable bonds is 10. The third kappa shape index (κ3) is 8.36. The van der Waals surface area contributed by atoms with Crippen LogP contribution >= 0.6 is 0 Å². The SMILES string of the molecule is COc1ccc(C=C(NC(=O)c2ccccc2)C(=O)NN=C(C)C=CC=Cc2ccccc2)cc1OC. The Morgan fingerprint density at radius 3 is 2.16 bits per heavy atom. The first-order chi connectivity index (χ1) is 18.0. The summed E-state index contributed by atoms with van der Waals surface area (Å²) in [7, 11) is 3.06. The van der Waals surface area contributed by atoms with Crippen LogP contribution in [-0.2, 0) is 4.79 Å². The maximum atomic E-state index is 13.0. The highest BCUT2D eigenvalue weighted by molar-refractivity contribution is 6.05. The van der Waals surface area contributed by atoms with E-state index in [0.717, 1.165) is 5.56 Å². The topological polar surface area (TPSA) is 89.0 Å². The molecule has 0 fully saturated rings. The summed E-state index contributed by atoms with van der Waals surface area (Å²) in [6, 6.07) is 23.7. The minimum absolute atomic E-state index is 0.0191. The number of hydrogen-bond acceptors (Lipinski definition) is 5. The Hall–Kier alpha value is -4.91. The molecule has 0 spiro atoms. The van der Waals surface area contributed by atoms with Crippen molar-refractivity contribution in [3.63, 3.8) is 0 Å². The highest BCUT2D eigenvalue weighted by Gasteiger charge is 2.15. The van der Waals surface area contributed by atoms with Gasteiger partial charge in [-0.3, -0.25) is 9.59 Å². The van der Waals surface area contributed by atoms with Gasteiger partial charge in [0.05, 0.1) is 19.9 Å². The number of nitrogens with zero attached hydrogens (tertiary/aromatic N) is 1. The summed E-state index contributed by atoms with van der Waals surface area (Å²) in [5, 5.41) is 6.81. The average molecular weight is 496 g/mol. The monoisotopic (exact) mass is 495 g/mol. The fourth-order valence-corrected chi connectivity index (χ4v) is 3.21. The van der Waals surface area contributed by atoms with Crippen molar-refractivity contribution in [2.75, 3.05) is 14.2 Å². The van der Waals surface area contributed by atoms with Gasteiger partial charge in [0.15, 0.2) is 11.5 Å². The van der Waals surface area contributed by atoms with E-state index < -0.39 is 11.8 Å². The lowest BCUT2D eigenvalue weighted by atomic mass is 10.1. The van der Waals surface area contributed by atoms with E-state index in [0.29, 0.717) is 28.3 Å². The minimum atomic E-state index is -0.577. The normalized spacial score (nSPS) is 12.0. The molecule has 7 nitrogen and oxygen atoms in total. The molecule has 2 N–H and O–H groups in total. The Morgan fingerprint density at radius 2 is 1.49 bits per heavy atom. The van der Waals surface area contributed by atoms with Crippen molar-refractivity contribution in [2.24, 2.45) is 5.10 Å². The van der Waals surface area contributed by atoms with E-state index in [1.54, 1.807) is 68.7 Å². The van der Waals surface area contributed by atoms with Crippen LogP contribution in [-0.4, -0.2) is 31.7 Å². The molecule has 0 radical (unpaired) electrons. The van der Waals surface area contributed by atoms with Crippen LogP contribution in [0.5, 0.6) is 11.5 Å². The molecule has 3 rings (SSSR count). The molecular weight excluding hydrogens is 466 g/mol. The van der Waals surface area contributed by atoms with Crippen LogP contribution in [0.3, 0.4) is 0 Å². The lowest BCUT2D eigenvalue weighted by Crippen LogP contribution is -2.33. The Bertz CT molecular complexity index is 1330. The summed E-state index contributed by atoms with van der Waals surface area (Å²) < 4.78 is 10.6. The van der Waals surface area contributed by atoms with Crippen LogP contribution in [0.25, 0.3) is 12.2 Å². The van der Waals surface area contributed by atoms with Gasteiger partial charge in [-0.1, -0.05) is 72.8 Å². The molecule has 0 unspecified atom stereocenters. The molecule has 0 aliphatic heterocycles. The number of amides is 2. The third-order valence-electron chi connectivity index (χ3n) is 5.12. The van der Waals surface area contributed by atoms with Gasteiger partial charge in [0.25, 0.3) is 11.8 Å². The average Bonchev–Trinajstić information content (AvgIpc) is 2.94. The first-order valence-electron chi connectivity index (χ1n) is 11.5. The molecule has 188 valence electrons. The van der Waals surface area contributed by atoms with E-state index in [1.807, 2.05) is 54.6 Å². The van der Waals surface area contributed by atoms with E-state index in [9.17, 15) is 9.59 Å². The Balaban J connectivity index is 1.78.